The summed E-state index contributed by atoms with van der Waals surface area (Å²) in [6, 6.07) is 17.5. The molecule has 2 aromatic carbocycles. The quantitative estimate of drug-likeness (QED) is 0.663. The number of aromatic nitrogens is 2. The molecule has 6 nitrogen and oxygen atoms in total. The van der Waals surface area contributed by atoms with Crippen molar-refractivity contribution in [1.82, 2.24) is 9.55 Å². The smallest absolute Gasteiger partial charge is 0.257 e. The predicted octanol–water partition coefficient (Wildman–Crippen LogP) is 3.66. The molecule has 28 heavy (non-hydrogen) atoms. The van der Waals surface area contributed by atoms with E-state index in [1.165, 1.54) is 11.8 Å². The fourth-order valence-electron chi connectivity index (χ4n) is 3.03. The van der Waals surface area contributed by atoms with Gasteiger partial charge in [-0.15, -0.1) is 0 Å². The van der Waals surface area contributed by atoms with Crippen LogP contribution in [-0.2, 0) is 11.3 Å². The van der Waals surface area contributed by atoms with Crippen molar-refractivity contribution in [3.63, 3.8) is 0 Å². The molecule has 1 atom stereocenters. The summed E-state index contributed by atoms with van der Waals surface area (Å²) in [6.07, 6.45) is 1.59. The number of rotatable bonds is 4. The van der Waals surface area contributed by atoms with E-state index in [1.54, 1.807) is 17.7 Å². The van der Waals surface area contributed by atoms with Gasteiger partial charge in [-0.2, -0.15) is 0 Å². The lowest BCUT2D eigenvalue weighted by Crippen LogP contribution is -2.37. The molecule has 1 aromatic heterocycles. The number of benzene rings is 2. The average Bonchev–Trinajstić information content (AvgIpc) is 2.73. The largest absolute Gasteiger partial charge is 0.356 e. The van der Waals surface area contributed by atoms with Crippen molar-refractivity contribution in [3.05, 3.63) is 76.7 Å². The molecule has 1 amide bonds. The van der Waals surface area contributed by atoms with Gasteiger partial charge >= 0.3 is 0 Å². The molecule has 4 rings (SSSR count). The third kappa shape index (κ3) is 3.94. The van der Waals surface area contributed by atoms with Gasteiger partial charge in [-0.05, 0) is 43.3 Å². The molecule has 142 valence electrons. The fraction of sp³-hybridized carbons (Fsp3) is 0.190. The zero-order valence-corrected chi connectivity index (χ0v) is 16.2. The molecule has 0 spiro atoms. The van der Waals surface area contributed by atoms with Crippen molar-refractivity contribution in [3.8, 4) is 0 Å². The molecule has 0 fully saturated rings. The van der Waals surface area contributed by atoms with Crippen LogP contribution in [-0.4, -0.2) is 21.2 Å². The minimum atomic E-state index is -0.277. The Morgan fingerprint density at radius 3 is 2.50 bits per heavy atom. The second-order valence-corrected chi connectivity index (χ2v) is 7.69. The fourth-order valence-corrected chi connectivity index (χ4v) is 4.08. The Balaban J connectivity index is 1.41. The third-order valence-electron chi connectivity index (χ3n) is 4.58. The van der Waals surface area contributed by atoms with Gasteiger partial charge in [-0.1, -0.05) is 30.0 Å². The maximum absolute atomic E-state index is 12.7. The highest BCUT2D eigenvalue weighted by Gasteiger charge is 2.27. The van der Waals surface area contributed by atoms with E-state index < -0.39 is 0 Å². The summed E-state index contributed by atoms with van der Waals surface area (Å²) in [4.78, 5) is 29.3. The number of thioether (sulfide) groups is 1. The van der Waals surface area contributed by atoms with Crippen molar-refractivity contribution in [2.24, 2.45) is 5.92 Å². The van der Waals surface area contributed by atoms with Crippen LogP contribution < -0.4 is 16.2 Å². The Bertz CT molecular complexity index is 1050. The molecule has 3 aromatic rings. The van der Waals surface area contributed by atoms with Gasteiger partial charge in [0.15, 0.2) is 5.16 Å². The molecule has 0 aliphatic carbocycles. The van der Waals surface area contributed by atoms with E-state index in [-0.39, 0.29) is 17.4 Å². The zero-order valence-electron chi connectivity index (χ0n) is 15.4. The maximum atomic E-state index is 12.7. The first-order valence-corrected chi connectivity index (χ1v) is 10.0. The molecule has 0 saturated carbocycles. The number of anilines is 3. The maximum Gasteiger partial charge on any atom is 0.257 e. The Kier molecular flexibility index (Phi) is 5.16. The molecule has 0 radical (unpaired) electrons. The first-order chi connectivity index (χ1) is 13.6. The number of fused-ring (bicyclic) bond motifs is 1. The van der Waals surface area contributed by atoms with E-state index in [0.717, 1.165) is 17.1 Å². The monoisotopic (exact) mass is 392 g/mol. The van der Waals surface area contributed by atoms with Crippen molar-refractivity contribution in [2.75, 3.05) is 16.4 Å². The van der Waals surface area contributed by atoms with Gasteiger partial charge in [0.25, 0.3) is 5.56 Å². The molecule has 0 bridgehead atoms. The van der Waals surface area contributed by atoms with Crippen LogP contribution in [0.5, 0.6) is 0 Å². The summed E-state index contributed by atoms with van der Waals surface area (Å²) in [6.45, 7) is 2.09. The number of para-hydroxylation sites is 1. The minimum Gasteiger partial charge on any atom is -0.356 e. The standard InChI is InChI=1S/C21H20N4O2S/c1-14-11-22-21-25(20(14)27)12-15(13-28-21)19(26)24-18-9-7-17(8-10-18)23-16-5-3-2-4-6-16/h2-11,15,23H,12-13H2,1H3,(H,24,26). The van der Waals surface area contributed by atoms with Crippen LogP contribution in [0.2, 0.25) is 0 Å². The molecule has 7 heteroatoms. The van der Waals surface area contributed by atoms with E-state index in [1.807, 2.05) is 54.6 Å². The van der Waals surface area contributed by atoms with Crippen molar-refractivity contribution in [1.29, 1.82) is 0 Å². The Morgan fingerprint density at radius 2 is 1.75 bits per heavy atom. The van der Waals surface area contributed by atoms with Crippen LogP contribution in [0.25, 0.3) is 0 Å². The highest BCUT2D eigenvalue weighted by atomic mass is 32.2. The van der Waals surface area contributed by atoms with E-state index >= 15 is 0 Å². The van der Waals surface area contributed by atoms with Crippen LogP contribution in [0.4, 0.5) is 17.1 Å². The van der Waals surface area contributed by atoms with E-state index in [0.29, 0.717) is 23.0 Å². The van der Waals surface area contributed by atoms with Crippen molar-refractivity contribution < 1.29 is 4.79 Å². The summed E-state index contributed by atoms with van der Waals surface area (Å²) < 4.78 is 1.60. The molecule has 1 aliphatic heterocycles. The van der Waals surface area contributed by atoms with Crippen LogP contribution in [0.1, 0.15) is 5.56 Å². The predicted molar refractivity (Wildman–Crippen MR) is 112 cm³/mol. The second-order valence-electron chi connectivity index (χ2n) is 6.71. The second kappa shape index (κ2) is 7.90. The van der Waals surface area contributed by atoms with Crippen LogP contribution in [0.3, 0.4) is 0 Å². The Labute approximate surface area is 167 Å². The van der Waals surface area contributed by atoms with Gasteiger partial charge in [-0.25, -0.2) is 4.98 Å². The summed E-state index contributed by atoms with van der Waals surface area (Å²) >= 11 is 1.44. The van der Waals surface area contributed by atoms with Crippen molar-refractivity contribution in [2.45, 2.75) is 18.6 Å². The lowest BCUT2D eigenvalue weighted by molar-refractivity contribution is -0.119. The molecule has 2 heterocycles. The number of aryl methyl sites for hydroxylation is 1. The summed E-state index contributed by atoms with van der Waals surface area (Å²) in [5, 5.41) is 6.94. The number of amides is 1. The SMILES string of the molecule is Cc1cnc2n(c1=O)CC(C(=O)Nc1ccc(Nc3ccccc3)cc1)CS2. The normalized spacial score (nSPS) is 15.5. The summed E-state index contributed by atoms with van der Waals surface area (Å²) in [7, 11) is 0. The topological polar surface area (TPSA) is 76.0 Å². The number of carbonyl (C=O) groups is 1. The Morgan fingerprint density at radius 1 is 1.07 bits per heavy atom. The van der Waals surface area contributed by atoms with Gasteiger partial charge in [0.2, 0.25) is 5.91 Å². The first-order valence-electron chi connectivity index (χ1n) is 9.02. The lowest BCUT2D eigenvalue weighted by Gasteiger charge is -2.24. The summed E-state index contributed by atoms with van der Waals surface area (Å²) in [5.74, 6) is 0.242. The van der Waals surface area contributed by atoms with Crippen molar-refractivity contribution >= 4 is 34.7 Å². The lowest BCUT2D eigenvalue weighted by atomic mass is 10.1. The highest BCUT2D eigenvalue weighted by Crippen LogP contribution is 2.26. The van der Waals surface area contributed by atoms with Gasteiger partial charge in [0.1, 0.15) is 0 Å². The molecule has 2 N–H and O–H groups in total. The van der Waals surface area contributed by atoms with E-state index in [9.17, 15) is 9.59 Å². The van der Waals surface area contributed by atoms with Crippen LogP contribution in [0.15, 0.2) is 70.7 Å². The average molecular weight is 392 g/mol. The van der Waals surface area contributed by atoms with Gasteiger partial charge in [0.05, 0.1) is 5.92 Å². The zero-order chi connectivity index (χ0) is 19.5. The Hall–Kier alpha value is -3.06. The summed E-state index contributed by atoms with van der Waals surface area (Å²) in [5.41, 5.74) is 3.19. The molecule has 0 saturated heterocycles. The highest BCUT2D eigenvalue weighted by molar-refractivity contribution is 7.99. The van der Waals surface area contributed by atoms with Gasteiger partial charge in [-0.3, -0.25) is 14.2 Å². The molecular weight excluding hydrogens is 372 g/mol. The molecular formula is C21H20N4O2S. The van der Waals surface area contributed by atoms with Crippen LogP contribution >= 0.6 is 11.8 Å². The van der Waals surface area contributed by atoms with Crippen LogP contribution in [0, 0.1) is 12.8 Å². The number of nitrogens with one attached hydrogen (secondary N) is 2. The molecule has 1 unspecified atom stereocenters. The third-order valence-corrected chi connectivity index (χ3v) is 5.74. The number of carbonyl (C=O) groups excluding carboxylic acids is 1. The van der Waals surface area contributed by atoms with E-state index in [4.69, 9.17) is 0 Å². The minimum absolute atomic E-state index is 0.0775. The van der Waals surface area contributed by atoms with Gasteiger partial charge in [0, 0.05) is 41.1 Å². The van der Waals surface area contributed by atoms with Gasteiger partial charge < -0.3 is 10.6 Å². The first kappa shape index (κ1) is 18.3. The van der Waals surface area contributed by atoms with E-state index in [2.05, 4.69) is 15.6 Å². The number of hydrogen-bond donors (Lipinski definition) is 2. The molecule has 1 aliphatic rings. The number of nitrogens with zero attached hydrogens (tertiary/aromatic N) is 2. The number of hydrogen-bond acceptors (Lipinski definition) is 5.